The van der Waals surface area contributed by atoms with E-state index in [1.807, 2.05) is 0 Å². The largest absolute Gasteiger partial charge is 0.469 e. The van der Waals surface area contributed by atoms with Gasteiger partial charge in [0.15, 0.2) is 8.68 Å². The van der Waals surface area contributed by atoms with Crippen LogP contribution in [0, 0.1) is 6.92 Å². The Bertz CT molecular complexity index is 512. The molecular weight excluding hydrogens is 288 g/mol. The molecule has 0 unspecified atom stereocenters. The van der Waals surface area contributed by atoms with Gasteiger partial charge in [0, 0.05) is 6.54 Å². The fourth-order valence-electron chi connectivity index (χ4n) is 1.06. The highest BCUT2D eigenvalue weighted by molar-refractivity contribution is 7.91. The number of aryl methyl sites for hydroxylation is 1. The van der Waals surface area contributed by atoms with Crippen LogP contribution in [0.5, 0.6) is 0 Å². The molecule has 1 rings (SSSR count). The third-order valence-corrected chi connectivity index (χ3v) is 5.15. The van der Waals surface area contributed by atoms with Gasteiger partial charge in [-0.05, 0) is 6.92 Å². The third-order valence-electron chi connectivity index (χ3n) is 1.82. The zero-order chi connectivity index (χ0) is 13.1. The van der Waals surface area contributed by atoms with E-state index in [1.165, 1.54) is 7.11 Å². The predicted molar refractivity (Wildman–Crippen MR) is 63.7 cm³/mol. The van der Waals surface area contributed by atoms with Crippen molar-refractivity contribution >= 4 is 38.9 Å². The summed E-state index contributed by atoms with van der Waals surface area (Å²) in [6.07, 6.45) is -0.0265. The number of carbonyl (C=O) groups is 1. The van der Waals surface area contributed by atoms with E-state index in [9.17, 15) is 13.2 Å². The van der Waals surface area contributed by atoms with Crippen LogP contribution < -0.4 is 4.72 Å². The molecule has 96 valence electrons. The van der Waals surface area contributed by atoms with Gasteiger partial charge in [-0.15, -0.1) is 0 Å². The zero-order valence-electron chi connectivity index (χ0n) is 9.19. The maximum Gasteiger partial charge on any atom is 0.306 e. The van der Waals surface area contributed by atoms with Crippen molar-refractivity contribution in [3.63, 3.8) is 0 Å². The number of halogens is 1. The van der Waals surface area contributed by atoms with Crippen molar-refractivity contribution in [3.05, 3.63) is 10.2 Å². The van der Waals surface area contributed by atoms with Gasteiger partial charge in [0.2, 0.25) is 0 Å². The minimum absolute atomic E-state index is 0.0238. The fourth-order valence-corrected chi connectivity index (χ4v) is 3.87. The zero-order valence-corrected chi connectivity index (χ0v) is 11.6. The number of hydrogen-bond acceptors (Lipinski definition) is 6. The van der Waals surface area contributed by atoms with Crippen LogP contribution >= 0.6 is 22.9 Å². The molecule has 0 fully saturated rings. The SMILES string of the molecule is COC(=O)CCNS(=O)(=O)c1sc(Cl)nc1C. The van der Waals surface area contributed by atoms with Gasteiger partial charge in [-0.1, -0.05) is 22.9 Å². The smallest absolute Gasteiger partial charge is 0.306 e. The van der Waals surface area contributed by atoms with Crippen molar-refractivity contribution in [2.45, 2.75) is 17.6 Å². The van der Waals surface area contributed by atoms with Gasteiger partial charge >= 0.3 is 5.97 Å². The number of methoxy groups -OCH3 is 1. The predicted octanol–water partition coefficient (Wildman–Crippen LogP) is 0.946. The van der Waals surface area contributed by atoms with E-state index in [0.29, 0.717) is 5.69 Å². The normalized spacial score (nSPS) is 11.5. The van der Waals surface area contributed by atoms with Crippen LogP contribution in [-0.2, 0) is 19.6 Å². The number of esters is 1. The molecular formula is C8H11ClN2O4S2. The number of hydrogen-bond donors (Lipinski definition) is 1. The molecule has 0 bridgehead atoms. The molecule has 0 aliphatic heterocycles. The third kappa shape index (κ3) is 3.91. The number of ether oxygens (including phenoxy) is 1. The first-order valence-electron chi connectivity index (χ1n) is 4.56. The molecule has 1 aromatic heterocycles. The topological polar surface area (TPSA) is 85.4 Å². The molecule has 1 aromatic rings. The van der Waals surface area contributed by atoms with Crippen LogP contribution in [0.4, 0.5) is 0 Å². The molecule has 17 heavy (non-hydrogen) atoms. The highest BCUT2D eigenvalue weighted by Gasteiger charge is 2.21. The van der Waals surface area contributed by atoms with Crippen LogP contribution in [0.3, 0.4) is 0 Å². The molecule has 0 saturated heterocycles. The summed E-state index contributed by atoms with van der Waals surface area (Å²) in [6.45, 7) is 1.53. The Morgan fingerprint density at radius 1 is 1.59 bits per heavy atom. The van der Waals surface area contributed by atoms with Gasteiger partial charge in [-0.2, -0.15) is 0 Å². The van der Waals surface area contributed by atoms with E-state index in [4.69, 9.17) is 11.6 Å². The number of nitrogens with one attached hydrogen (secondary N) is 1. The summed E-state index contributed by atoms with van der Waals surface area (Å²) in [7, 11) is -2.42. The molecule has 0 saturated carbocycles. The minimum atomic E-state index is -3.66. The Hall–Kier alpha value is -0.700. The number of nitrogens with zero attached hydrogens (tertiary/aromatic N) is 1. The fraction of sp³-hybridized carbons (Fsp3) is 0.500. The van der Waals surface area contributed by atoms with E-state index in [-0.39, 0.29) is 21.6 Å². The molecule has 0 aromatic carbocycles. The molecule has 0 atom stereocenters. The van der Waals surface area contributed by atoms with Gasteiger partial charge in [0.1, 0.15) is 0 Å². The van der Waals surface area contributed by atoms with Crippen LogP contribution in [0.25, 0.3) is 0 Å². The monoisotopic (exact) mass is 298 g/mol. The Morgan fingerprint density at radius 2 is 2.24 bits per heavy atom. The molecule has 0 aliphatic rings. The maximum absolute atomic E-state index is 11.8. The lowest BCUT2D eigenvalue weighted by Crippen LogP contribution is -2.26. The first-order valence-corrected chi connectivity index (χ1v) is 7.24. The summed E-state index contributed by atoms with van der Waals surface area (Å²) < 4.78 is 30.5. The van der Waals surface area contributed by atoms with Gasteiger partial charge in [0.25, 0.3) is 10.0 Å². The highest BCUT2D eigenvalue weighted by atomic mass is 35.5. The lowest BCUT2D eigenvalue weighted by molar-refractivity contribution is -0.140. The average Bonchev–Trinajstić information content (AvgIpc) is 2.58. The molecule has 0 aliphatic carbocycles. The first-order chi connectivity index (χ1) is 7.86. The second-order valence-electron chi connectivity index (χ2n) is 3.06. The van der Waals surface area contributed by atoms with Crippen LogP contribution in [0.2, 0.25) is 4.47 Å². The molecule has 1 heterocycles. The van der Waals surface area contributed by atoms with Crippen LogP contribution in [0.15, 0.2) is 4.21 Å². The first kappa shape index (κ1) is 14.4. The molecule has 1 N–H and O–H groups in total. The second-order valence-corrected chi connectivity index (χ2v) is 6.61. The maximum atomic E-state index is 11.8. The second kappa shape index (κ2) is 5.76. The molecule has 0 spiro atoms. The summed E-state index contributed by atoms with van der Waals surface area (Å²) >= 11 is 6.49. The van der Waals surface area contributed by atoms with Crippen LogP contribution in [-0.4, -0.2) is 33.0 Å². The van der Waals surface area contributed by atoms with Crippen molar-refractivity contribution in [2.24, 2.45) is 0 Å². The average molecular weight is 299 g/mol. The molecule has 6 nitrogen and oxygen atoms in total. The lowest BCUT2D eigenvalue weighted by Gasteiger charge is -2.04. The number of rotatable bonds is 5. The van der Waals surface area contributed by atoms with E-state index in [2.05, 4.69) is 14.4 Å². The highest BCUT2D eigenvalue weighted by Crippen LogP contribution is 2.26. The Morgan fingerprint density at radius 3 is 2.71 bits per heavy atom. The lowest BCUT2D eigenvalue weighted by atomic mass is 10.4. The number of thiazole rings is 1. The van der Waals surface area contributed by atoms with E-state index in [1.54, 1.807) is 6.92 Å². The van der Waals surface area contributed by atoms with Gasteiger partial charge in [-0.25, -0.2) is 18.1 Å². The van der Waals surface area contributed by atoms with E-state index < -0.39 is 16.0 Å². The number of sulfonamides is 1. The van der Waals surface area contributed by atoms with Crippen molar-refractivity contribution in [2.75, 3.05) is 13.7 Å². The summed E-state index contributed by atoms with van der Waals surface area (Å²) in [5, 5.41) is 0. The number of aromatic nitrogens is 1. The Labute approximate surface area is 108 Å². The molecule has 0 amide bonds. The van der Waals surface area contributed by atoms with Crippen LogP contribution in [0.1, 0.15) is 12.1 Å². The minimum Gasteiger partial charge on any atom is -0.469 e. The van der Waals surface area contributed by atoms with Crippen molar-refractivity contribution in [3.8, 4) is 0 Å². The van der Waals surface area contributed by atoms with E-state index in [0.717, 1.165) is 11.3 Å². The van der Waals surface area contributed by atoms with Gasteiger partial charge in [0.05, 0.1) is 19.2 Å². The van der Waals surface area contributed by atoms with E-state index >= 15 is 0 Å². The summed E-state index contributed by atoms with van der Waals surface area (Å²) in [5.74, 6) is -0.480. The van der Waals surface area contributed by atoms with Crippen molar-refractivity contribution in [1.29, 1.82) is 0 Å². The summed E-state index contributed by atoms with van der Waals surface area (Å²) in [4.78, 5) is 14.6. The van der Waals surface area contributed by atoms with Gasteiger partial charge in [-0.3, -0.25) is 4.79 Å². The van der Waals surface area contributed by atoms with Crippen molar-refractivity contribution in [1.82, 2.24) is 9.71 Å². The van der Waals surface area contributed by atoms with Crippen molar-refractivity contribution < 1.29 is 17.9 Å². The Kier molecular flexibility index (Phi) is 4.87. The standard InChI is InChI=1S/C8H11ClN2O4S2/c1-5-7(16-8(9)11-5)17(13,14)10-4-3-6(12)15-2/h10H,3-4H2,1-2H3. The quantitative estimate of drug-likeness (QED) is 0.818. The van der Waals surface area contributed by atoms with Gasteiger partial charge < -0.3 is 4.74 Å². The summed E-state index contributed by atoms with van der Waals surface area (Å²) in [6, 6.07) is 0. The summed E-state index contributed by atoms with van der Waals surface area (Å²) in [5.41, 5.74) is 0.338. The molecule has 0 radical (unpaired) electrons. The molecule has 9 heteroatoms. The number of carbonyl (C=O) groups excluding carboxylic acids is 1. The Balaban J connectivity index is 2.70.